The van der Waals surface area contributed by atoms with Crippen LogP contribution in [0.15, 0.2) is 42.7 Å². The van der Waals surface area contributed by atoms with Gasteiger partial charge >= 0.3 is 0 Å². The number of likely N-dealkylation sites (tertiary alicyclic amines) is 1. The predicted octanol–water partition coefficient (Wildman–Crippen LogP) is 4.43. The molecule has 1 saturated heterocycles. The van der Waals surface area contributed by atoms with Gasteiger partial charge in [0.25, 0.3) is 0 Å². The summed E-state index contributed by atoms with van der Waals surface area (Å²) in [7, 11) is 0. The van der Waals surface area contributed by atoms with Crippen molar-refractivity contribution in [2.45, 2.75) is 45.7 Å². The highest BCUT2D eigenvalue weighted by atomic mass is 15.2. The van der Waals surface area contributed by atoms with Crippen molar-refractivity contribution in [1.29, 1.82) is 0 Å². The summed E-state index contributed by atoms with van der Waals surface area (Å²) in [6.07, 6.45) is 7.77. The van der Waals surface area contributed by atoms with Gasteiger partial charge in [0.15, 0.2) is 0 Å². The minimum absolute atomic E-state index is 0.521. The fourth-order valence-corrected chi connectivity index (χ4v) is 3.32. The van der Waals surface area contributed by atoms with Gasteiger partial charge in [0.1, 0.15) is 0 Å². The van der Waals surface area contributed by atoms with Crippen LogP contribution in [0, 0.1) is 13.8 Å². The molecule has 0 bridgehead atoms. The molecule has 1 fully saturated rings. The van der Waals surface area contributed by atoms with Gasteiger partial charge in [0, 0.05) is 25.0 Å². The summed E-state index contributed by atoms with van der Waals surface area (Å²) in [6, 6.07) is 11.6. The minimum Gasteiger partial charge on any atom is -0.292 e. The van der Waals surface area contributed by atoms with Gasteiger partial charge in [-0.05, 0) is 56.0 Å². The Labute approximate surface area is 127 Å². The van der Waals surface area contributed by atoms with Crippen molar-refractivity contribution in [2.75, 3.05) is 6.54 Å². The number of hydrogen-bond donors (Lipinski definition) is 0. The first-order valence-corrected chi connectivity index (χ1v) is 7.94. The number of pyridine rings is 1. The molecule has 0 radical (unpaired) electrons. The monoisotopic (exact) mass is 280 g/mol. The molecule has 110 valence electrons. The molecule has 1 aromatic heterocycles. The summed E-state index contributed by atoms with van der Waals surface area (Å²) in [4.78, 5) is 6.93. The van der Waals surface area contributed by atoms with Crippen LogP contribution in [0.1, 0.15) is 47.6 Å². The number of rotatable bonds is 3. The Morgan fingerprint density at radius 1 is 1.19 bits per heavy atom. The van der Waals surface area contributed by atoms with Crippen molar-refractivity contribution in [3.63, 3.8) is 0 Å². The molecule has 1 atom stereocenters. The lowest BCUT2D eigenvalue weighted by Crippen LogP contribution is -2.33. The fraction of sp³-hybridized carbons (Fsp3) is 0.421. The van der Waals surface area contributed by atoms with E-state index in [1.54, 1.807) is 0 Å². The first-order chi connectivity index (χ1) is 10.2. The second-order valence-corrected chi connectivity index (χ2v) is 6.20. The molecule has 2 aromatic rings. The lowest BCUT2D eigenvalue weighted by Gasteiger charge is -2.36. The first kappa shape index (κ1) is 14.3. The van der Waals surface area contributed by atoms with Crippen LogP contribution in [0.5, 0.6) is 0 Å². The van der Waals surface area contributed by atoms with Crippen LogP contribution in [0.2, 0.25) is 0 Å². The quantitative estimate of drug-likeness (QED) is 0.827. The number of nitrogens with zero attached hydrogens (tertiary/aromatic N) is 2. The maximum absolute atomic E-state index is 4.31. The number of aryl methyl sites for hydroxylation is 2. The highest BCUT2D eigenvalue weighted by molar-refractivity contribution is 5.30. The van der Waals surface area contributed by atoms with Crippen molar-refractivity contribution in [3.8, 4) is 0 Å². The lowest BCUT2D eigenvalue weighted by molar-refractivity contribution is 0.140. The number of aromatic nitrogens is 1. The van der Waals surface area contributed by atoms with Gasteiger partial charge in [0.2, 0.25) is 0 Å². The van der Waals surface area contributed by atoms with E-state index in [1.165, 1.54) is 48.1 Å². The molecule has 1 aliphatic rings. The molecule has 0 amide bonds. The van der Waals surface area contributed by atoms with E-state index in [2.05, 4.69) is 54.1 Å². The van der Waals surface area contributed by atoms with Crippen molar-refractivity contribution in [1.82, 2.24) is 9.88 Å². The average molecular weight is 280 g/mol. The molecule has 0 spiro atoms. The Balaban J connectivity index is 1.83. The van der Waals surface area contributed by atoms with Crippen molar-refractivity contribution in [3.05, 3.63) is 65.0 Å². The highest BCUT2D eigenvalue weighted by Crippen LogP contribution is 2.32. The van der Waals surface area contributed by atoms with Crippen LogP contribution >= 0.6 is 0 Å². The van der Waals surface area contributed by atoms with E-state index in [-0.39, 0.29) is 0 Å². The summed E-state index contributed by atoms with van der Waals surface area (Å²) in [5.74, 6) is 0. The van der Waals surface area contributed by atoms with Crippen LogP contribution in [-0.2, 0) is 6.54 Å². The lowest BCUT2D eigenvalue weighted by atomic mass is 9.95. The number of hydrogen-bond acceptors (Lipinski definition) is 2. The Morgan fingerprint density at radius 2 is 2.10 bits per heavy atom. The predicted molar refractivity (Wildman–Crippen MR) is 87.2 cm³/mol. The van der Waals surface area contributed by atoms with Crippen LogP contribution in [-0.4, -0.2) is 16.4 Å². The van der Waals surface area contributed by atoms with E-state index in [1.807, 2.05) is 12.4 Å². The zero-order valence-corrected chi connectivity index (χ0v) is 13.0. The SMILES string of the molecule is Cc1ccc(C)c(CN2CCCC[C@H]2c2cccnc2)c1. The molecule has 2 nitrogen and oxygen atoms in total. The van der Waals surface area contributed by atoms with Crippen LogP contribution in [0.3, 0.4) is 0 Å². The smallest absolute Gasteiger partial charge is 0.0366 e. The number of benzene rings is 1. The molecule has 21 heavy (non-hydrogen) atoms. The molecule has 0 saturated carbocycles. The second kappa shape index (κ2) is 6.40. The Kier molecular flexibility index (Phi) is 4.35. The van der Waals surface area contributed by atoms with E-state index in [9.17, 15) is 0 Å². The van der Waals surface area contributed by atoms with Gasteiger partial charge in [-0.25, -0.2) is 0 Å². The summed E-state index contributed by atoms with van der Waals surface area (Å²) in [5.41, 5.74) is 5.58. The number of piperidine rings is 1. The van der Waals surface area contributed by atoms with E-state index in [4.69, 9.17) is 0 Å². The molecule has 0 unspecified atom stereocenters. The van der Waals surface area contributed by atoms with E-state index in [0.29, 0.717) is 6.04 Å². The zero-order valence-electron chi connectivity index (χ0n) is 13.0. The first-order valence-electron chi connectivity index (χ1n) is 7.94. The van der Waals surface area contributed by atoms with E-state index in [0.717, 1.165) is 6.54 Å². The fourth-order valence-electron chi connectivity index (χ4n) is 3.32. The largest absolute Gasteiger partial charge is 0.292 e. The summed E-state index contributed by atoms with van der Waals surface area (Å²) < 4.78 is 0. The highest BCUT2D eigenvalue weighted by Gasteiger charge is 2.24. The van der Waals surface area contributed by atoms with E-state index >= 15 is 0 Å². The van der Waals surface area contributed by atoms with Crippen molar-refractivity contribution < 1.29 is 0 Å². The zero-order chi connectivity index (χ0) is 14.7. The van der Waals surface area contributed by atoms with Gasteiger partial charge in [0.05, 0.1) is 0 Å². The second-order valence-electron chi connectivity index (χ2n) is 6.20. The average Bonchev–Trinajstić information content (AvgIpc) is 2.52. The van der Waals surface area contributed by atoms with Crippen LogP contribution in [0.25, 0.3) is 0 Å². The standard InChI is InChI=1S/C19H24N2/c1-15-8-9-16(2)18(12-15)14-21-11-4-3-7-19(21)17-6-5-10-20-13-17/h5-6,8-10,12-13,19H,3-4,7,11,14H2,1-2H3/t19-/m0/s1. The normalized spacial score (nSPS) is 19.6. The molecular weight excluding hydrogens is 256 g/mol. The molecular formula is C19H24N2. The minimum atomic E-state index is 0.521. The van der Waals surface area contributed by atoms with Gasteiger partial charge in [-0.2, -0.15) is 0 Å². The molecule has 2 heteroatoms. The third-order valence-corrected chi connectivity index (χ3v) is 4.56. The molecule has 2 heterocycles. The topological polar surface area (TPSA) is 16.1 Å². The van der Waals surface area contributed by atoms with Gasteiger partial charge in [-0.1, -0.05) is 36.2 Å². The summed E-state index contributed by atoms with van der Waals surface area (Å²) in [6.45, 7) is 6.63. The van der Waals surface area contributed by atoms with E-state index < -0.39 is 0 Å². The molecule has 0 N–H and O–H groups in total. The maximum Gasteiger partial charge on any atom is 0.0366 e. The Morgan fingerprint density at radius 3 is 2.90 bits per heavy atom. The van der Waals surface area contributed by atoms with Crippen LogP contribution in [0.4, 0.5) is 0 Å². The third kappa shape index (κ3) is 3.33. The molecule has 3 rings (SSSR count). The molecule has 1 aromatic carbocycles. The Hall–Kier alpha value is -1.67. The van der Waals surface area contributed by atoms with Crippen LogP contribution < -0.4 is 0 Å². The van der Waals surface area contributed by atoms with Crippen molar-refractivity contribution in [2.24, 2.45) is 0 Å². The third-order valence-electron chi connectivity index (χ3n) is 4.56. The molecule has 1 aliphatic heterocycles. The van der Waals surface area contributed by atoms with Gasteiger partial charge in [-0.15, -0.1) is 0 Å². The van der Waals surface area contributed by atoms with Gasteiger partial charge < -0.3 is 0 Å². The Bertz CT molecular complexity index is 592. The maximum atomic E-state index is 4.31. The summed E-state index contributed by atoms with van der Waals surface area (Å²) >= 11 is 0. The van der Waals surface area contributed by atoms with Gasteiger partial charge in [-0.3, -0.25) is 9.88 Å². The summed E-state index contributed by atoms with van der Waals surface area (Å²) in [5, 5.41) is 0. The molecule has 0 aliphatic carbocycles. The van der Waals surface area contributed by atoms with Crippen molar-refractivity contribution >= 4 is 0 Å².